The molecule has 1 unspecified atom stereocenters. The number of anilines is 1. The van der Waals surface area contributed by atoms with Crippen molar-refractivity contribution < 1.29 is 8.42 Å². The number of piperidine rings is 1. The molecule has 1 aliphatic heterocycles. The van der Waals surface area contributed by atoms with Crippen LogP contribution in [-0.2, 0) is 23.1 Å². The third-order valence-electron chi connectivity index (χ3n) is 6.66. The van der Waals surface area contributed by atoms with Crippen LogP contribution in [0.4, 0.5) is 5.69 Å². The molecule has 6 nitrogen and oxygen atoms in total. The second kappa shape index (κ2) is 10.4. The summed E-state index contributed by atoms with van der Waals surface area (Å²) in [6, 6.07) is 20.2. The Balaban J connectivity index is 1.30. The normalized spacial score (nSPS) is 16.5. The second-order valence-corrected chi connectivity index (χ2v) is 12.5. The zero-order chi connectivity index (χ0) is 25.3. The van der Waals surface area contributed by atoms with Gasteiger partial charge in [-0.15, -0.1) is 0 Å². The van der Waals surface area contributed by atoms with Crippen LogP contribution in [0.2, 0.25) is 5.02 Å². The topological polar surface area (TPSA) is 71.4 Å². The molecular formula is C27H28ClN3O3S2. The number of aromatic nitrogens is 1. The quantitative estimate of drug-likeness (QED) is 0.336. The van der Waals surface area contributed by atoms with E-state index in [2.05, 4.69) is 28.7 Å². The third-order valence-corrected chi connectivity index (χ3v) is 9.37. The van der Waals surface area contributed by atoms with Gasteiger partial charge in [0.25, 0.3) is 0 Å². The summed E-state index contributed by atoms with van der Waals surface area (Å²) < 4.78 is 31.0. The van der Waals surface area contributed by atoms with Crippen LogP contribution in [0.15, 0.2) is 76.4 Å². The highest BCUT2D eigenvalue weighted by Crippen LogP contribution is 2.25. The van der Waals surface area contributed by atoms with Crippen LogP contribution < -0.4 is 14.5 Å². The van der Waals surface area contributed by atoms with Gasteiger partial charge >= 0.3 is 4.87 Å². The average Bonchev–Trinajstić information content (AvgIpc) is 3.18. The fourth-order valence-corrected chi connectivity index (χ4v) is 6.91. The number of benzene rings is 3. The van der Waals surface area contributed by atoms with Crippen LogP contribution in [-0.4, -0.2) is 26.1 Å². The summed E-state index contributed by atoms with van der Waals surface area (Å²) in [6.07, 6.45) is 2.47. The van der Waals surface area contributed by atoms with E-state index in [1.54, 1.807) is 28.8 Å². The zero-order valence-electron chi connectivity index (χ0n) is 20.0. The third kappa shape index (κ3) is 5.37. The Bertz CT molecular complexity index is 1540. The Morgan fingerprint density at radius 2 is 1.86 bits per heavy atom. The molecule has 9 heteroatoms. The molecule has 4 aromatic rings. The van der Waals surface area contributed by atoms with Gasteiger partial charge in [0, 0.05) is 30.3 Å². The van der Waals surface area contributed by atoms with Crippen molar-refractivity contribution in [3.05, 3.63) is 92.5 Å². The van der Waals surface area contributed by atoms with E-state index in [1.165, 1.54) is 18.5 Å². The molecule has 5 rings (SSSR count). The molecule has 0 radical (unpaired) electrons. The molecule has 0 saturated carbocycles. The van der Waals surface area contributed by atoms with E-state index in [4.69, 9.17) is 11.6 Å². The maximum Gasteiger partial charge on any atom is 0.308 e. The Hall–Kier alpha value is -2.65. The molecule has 36 heavy (non-hydrogen) atoms. The minimum atomic E-state index is -3.74. The average molecular weight is 542 g/mol. The number of nitrogens with one attached hydrogen (secondary N) is 1. The summed E-state index contributed by atoms with van der Waals surface area (Å²) in [4.78, 5) is 15.0. The van der Waals surface area contributed by atoms with Crippen LogP contribution in [0.25, 0.3) is 10.2 Å². The van der Waals surface area contributed by atoms with Gasteiger partial charge < -0.3 is 4.90 Å². The van der Waals surface area contributed by atoms with Crippen molar-refractivity contribution in [2.45, 2.75) is 37.8 Å². The standard InChI is InChI=1S/C27H28ClN3O3S2/c1-19-5-4-14-30(17-19)22-10-8-20(9-11-22)16-29-36(33,34)23-12-13-25-26(15-23)35-27(32)31(25)18-21-6-2-3-7-24(21)28/h2-3,6-13,15,19,29H,4-5,14,16-18H2,1H3. The van der Waals surface area contributed by atoms with Crippen LogP contribution >= 0.6 is 22.9 Å². The lowest BCUT2D eigenvalue weighted by Gasteiger charge is -2.32. The summed E-state index contributed by atoms with van der Waals surface area (Å²) in [5.41, 5.74) is 3.59. The lowest BCUT2D eigenvalue weighted by molar-refractivity contribution is 0.447. The molecule has 0 aliphatic carbocycles. The fourth-order valence-electron chi connectivity index (χ4n) is 4.67. The maximum atomic E-state index is 13.0. The Kier molecular flexibility index (Phi) is 7.21. The van der Waals surface area contributed by atoms with E-state index >= 15 is 0 Å². The van der Waals surface area contributed by atoms with Crippen LogP contribution in [0, 0.1) is 5.92 Å². The van der Waals surface area contributed by atoms with Crippen LogP contribution in [0.5, 0.6) is 0 Å². The SMILES string of the molecule is CC1CCCN(c2ccc(CNS(=O)(=O)c3ccc4c(c3)sc(=O)n4Cc3ccccc3Cl)cc2)C1. The number of fused-ring (bicyclic) bond motifs is 1. The summed E-state index contributed by atoms with van der Waals surface area (Å²) >= 11 is 7.30. The van der Waals surface area contributed by atoms with Gasteiger partial charge in [0.2, 0.25) is 10.0 Å². The summed E-state index contributed by atoms with van der Waals surface area (Å²) in [6.45, 7) is 4.92. The molecule has 188 valence electrons. The lowest BCUT2D eigenvalue weighted by Crippen LogP contribution is -2.34. The molecule has 1 aliphatic rings. The largest absolute Gasteiger partial charge is 0.371 e. The number of hydrogen-bond acceptors (Lipinski definition) is 5. The van der Waals surface area contributed by atoms with Gasteiger partial charge in [-0.05, 0) is 66.3 Å². The number of rotatable bonds is 7. The van der Waals surface area contributed by atoms with Crippen molar-refractivity contribution in [3.8, 4) is 0 Å². The van der Waals surface area contributed by atoms with E-state index < -0.39 is 10.0 Å². The molecule has 3 aromatic carbocycles. The zero-order valence-corrected chi connectivity index (χ0v) is 22.4. The number of hydrogen-bond donors (Lipinski definition) is 1. The smallest absolute Gasteiger partial charge is 0.308 e. The van der Waals surface area contributed by atoms with Gasteiger partial charge in [-0.2, -0.15) is 0 Å². The summed E-state index contributed by atoms with van der Waals surface area (Å²) in [7, 11) is -3.74. The predicted molar refractivity (Wildman–Crippen MR) is 148 cm³/mol. The highest BCUT2D eigenvalue weighted by molar-refractivity contribution is 7.89. The van der Waals surface area contributed by atoms with Crippen LogP contribution in [0.1, 0.15) is 30.9 Å². The number of nitrogens with zero attached hydrogens (tertiary/aromatic N) is 2. The highest BCUT2D eigenvalue weighted by atomic mass is 35.5. The Morgan fingerprint density at radius 3 is 2.61 bits per heavy atom. The molecule has 1 fully saturated rings. The lowest BCUT2D eigenvalue weighted by atomic mass is 9.99. The summed E-state index contributed by atoms with van der Waals surface area (Å²) in [5, 5.41) is 0.589. The number of thiazole rings is 1. The van der Waals surface area contributed by atoms with E-state index in [1.807, 2.05) is 30.3 Å². The molecule has 0 amide bonds. The minimum Gasteiger partial charge on any atom is -0.371 e. The number of halogens is 1. The maximum absolute atomic E-state index is 13.0. The van der Waals surface area contributed by atoms with Crippen molar-refractivity contribution in [3.63, 3.8) is 0 Å². The van der Waals surface area contributed by atoms with Gasteiger partial charge in [0.05, 0.1) is 21.7 Å². The van der Waals surface area contributed by atoms with Gasteiger partial charge in [-0.1, -0.05) is 60.2 Å². The van der Waals surface area contributed by atoms with Crippen molar-refractivity contribution in [2.75, 3.05) is 18.0 Å². The molecule has 1 aromatic heterocycles. The van der Waals surface area contributed by atoms with E-state index in [9.17, 15) is 13.2 Å². The van der Waals surface area contributed by atoms with E-state index in [0.29, 0.717) is 27.7 Å². The van der Waals surface area contributed by atoms with Crippen molar-refractivity contribution in [1.82, 2.24) is 9.29 Å². The Morgan fingerprint density at radius 1 is 1.08 bits per heavy atom. The molecule has 1 atom stereocenters. The van der Waals surface area contributed by atoms with Crippen molar-refractivity contribution in [2.24, 2.45) is 5.92 Å². The molecular weight excluding hydrogens is 514 g/mol. The first-order valence-corrected chi connectivity index (χ1v) is 14.7. The molecule has 1 saturated heterocycles. The van der Waals surface area contributed by atoms with Gasteiger partial charge in [0.15, 0.2) is 0 Å². The minimum absolute atomic E-state index is 0.139. The van der Waals surface area contributed by atoms with E-state index in [0.717, 1.165) is 35.6 Å². The Labute approximate surface area is 220 Å². The van der Waals surface area contributed by atoms with Gasteiger partial charge in [0.1, 0.15) is 0 Å². The first kappa shape index (κ1) is 25.0. The monoisotopic (exact) mass is 541 g/mol. The molecule has 0 spiro atoms. The van der Waals surface area contributed by atoms with Gasteiger partial charge in [-0.25, -0.2) is 13.1 Å². The molecule has 2 heterocycles. The van der Waals surface area contributed by atoms with Crippen LogP contribution in [0.3, 0.4) is 0 Å². The number of sulfonamides is 1. The van der Waals surface area contributed by atoms with Crippen molar-refractivity contribution >= 4 is 48.9 Å². The molecule has 0 bridgehead atoms. The first-order valence-electron chi connectivity index (χ1n) is 12.0. The van der Waals surface area contributed by atoms with E-state index in [-0.39, 0.29) is 16.3 Å². The predicted octanol–water partition coefficient (Wildman–Crippen LogP) is 5.48. The van der Waals surface area contributed by atoms with Gasteiger partial charge in [-0.3, -0.25) is 9.36 Å². The highest BCUT2D eigenvalue weighted by Gasteiger charge is 2.19. The van der Waals surface area contributed by atoms with Crippen molar-refractivity contribution in [1.29, 1.82) is 0 Å². The fraction of sp³-hybridized carbons (Fsp3) is 0.296. The molecule has 1 N–H and O–H groups in total. The second-order valence-electron chi connectivity index (χ2n) is 9.36. The summed E-state index contributed by atoms with van der Waals surface area (Å²) in [5.74, 6) is 0.689. The first-order chi connectivity index (χ1) is 17.3.